The summed E-state index contributed by atoms with van der Waals surface area (Å²) in [6.07, 6.45) is 0.710. The number of rotatable bonds is 6. The number of thioether (sulfide) groups is 1. The van der Waals surface area contributed by atoms with Crippen molar-refractivity contribution in [3.8, 4) is 5.75 Å². The topological polar surface area (TPSA) is 117 Å². The molecule has 30 heavy (non-hydrogen) atoms. The number of likely N-dealkylation sites (N-methyl/N-ethyl adjacent to an activating group) is 1. The zero-order valence-corrected chi connectivity index (χ0v) is 16.9. The monoisotopic (exact) mass is 426 g/mol. The number of amides is 1. The molecule has 0 radical (unpaired) electrons. The number of carboxylic acid groups (broad SMARTS) is 2. The molecule has 0 aromatic heterocycles. The number of benzene rings is 2. The number of carbonyl (C=O) groups excluding carboxylic acids is 1. The minimum Gasteiger partial charge on any atom is -0.479 e. The summed E-state index contributed by atoms with van der Waals surface area (Å²) in [5, 5.41) is 18.6. The van der Waals surface area contributed by atoms with Gasteiger partial charge in [-0.15, -0.1) is 0 Å². The van der Waals surface area contributed by atoms with Gasteiger partial charge in [0.1, 0.15) is 5.75 Å². The number of hydrogen-bond donors (Lipinski definition) is 2. The Kier molecular flexibility index (Phi) is 6.22. The Morgan fingerprint density at radius 1 is 1.13 bits per heavy atom. The first-order valence-corrected chi connectivity index (χ1v) is 9.66. The lowest BCUT2D eigenvalue weighted by molar-refractivity contribution is -0.144. The number of carbonyl (C=O) groups is 3. The van der Waals surface area contributed by atoms with Gasteiger partial charge in [-0.3, -0.25) is 9.69 Å². The molecule has 1 heterocycles. The number of ether oxygens (including phenoxy) is 1. The van der Waals surface area contributed by atoms with Crippen LogP contribution in [0.1, 0.15) is 22.8 Å². The second-order valence-electron chi connectivity index (χ2n) is 6.36. The Morgan fingerprint density at radius 3 is 2.43 bits per heavy atom. The molecule has 1 fully saturated rings. The van der Waals surface area contributed by atoms with E-state index in [0.717, 1.165) is 17.3 Å². The summed E-state index contributed by atoms with van der Waals surface area (Å²) >= 11 is 1.14. The van der Waals surface area contributed by atoms with Crippen LogP contribution in [0.2, 0.25) is 0 Å². The molecule has 8 nitrogen and oxygen atoms in total. The van der Waals surface area contributed by atoms with E-state index in [2.05, 4.69) is 4.99 Å². The van der Waals surface area contributed by atoms with Crippen molar-refractivity contribution < 1.29 is 29.3 Å². The predicted octanol–water partition coefficient (Wildman–Crippen LogP) is 3.47. The number of aliphatic imine (C=N–C) groups is 1. The van der Waals surface area contributed by atoms with Gasteiger partial charge in [-0.2, -0.15) is 0 Å². The van der Waals surface area contributed by atoms with E-state index in [9.17, 15) is 19.5 Å². The van der Waals surface area contributed by atoms with Crippen LogP contribution in [-0.2, 0) is 9.59 Å². The van der Waals surface area contributed by atoms with Gasteiger partial charge in [0.2, 0.25) is 0 Å². The molecule has 2 N–H and O–H groups in total. The molecule has 1 aliphatic heterocycles. The second kappa shape index (κ2) is 8.83. The largest absolute Gasteiger partial charge is 0.479 e. The SMILES string of the molecule is CC(Oc1ccc(/C=C2\SC(=Nc3ccccc3C(=O)O)N(C)C2=O)cc1)C(=O)O. The molecular weight excluding hydrogens is 408 g/mol. The van der Waals surface area contributed by atoms with Crippen molar-refractivity contribution in [3.05, 3.63) is 64.6 Å². The number of amidine groups is 1. The molecule has 1 amide bonds. The molecule has 1 saturated heterocycles. The van der Waals surface area contributed by atoms with Crippen LogP contribution in [0, 0.1) is 0 Å². The van der Waals surface area contributed by atoms with Crippen molar-refractivity contribution in [1.29, 1.82) is 0 Å². The number of carboxylic acids is 2. The molecule has 154 valence electrons. The number of nitrogens with zero attached hydrogens (tertiary/aromatic N) is 2. The van der Waals surface area contributed by atoms with E-state index in [1.54, 1.807) is 55.6 Å². The zero-order valence-electron chi connectivity index (χ0n) is 16.1. The highest BCUT2D eigenvalue weighted by molar-refractivity contribution is 8.18. The van der Waals surface area contributed by atoms with E-state index >= 15 is 0 Å². The van der Waals surface area contributed by atoms with Gasteiger partial charge in [-0.25, -0.2) is 14.6 Å². The van der Waals surface area contributed by atoms with Crippen LogP contribution in [-0.4, -0.2) is 51.3 Å². The number of para-hydroxylation sites is 1. The van der Waals surface area contributed by atoms with E-state index in [1.165, 1.54) is 17.9 Å². The summed E-state index contributed by atoms with van der Waals surface area (Å²) < 4.78 is 5.29. The molecule has 0 saturated carbocycles. The smallest absolute Gasteiger partial charge is 0.344 e. The summed E-state index contributed by atoms with van der Waals surface area (Å²) in [5.41, 5.74) is 1.04. The van der Waals surface area contributed by atoms with Crippen molar-refractivity contribution in [3.63, 3.8) is 0 Å². The quantitative estimate of drug-likeness (QED) is 0.679. The Labute approximate surface area is 176 Å². The fourth-order valence-corrected chi connectivity index (χ4v) is 3.53. The molecule has 9 heteroatoms. The highest BCUT2D eigenvalue weighted by atomic mass is 32.2. The molecule has 2 aromatic carbocycles. The highest BCUT2D eigenvalue weighted by Crippen LogP contribution is 2.34. The van der Waals surface area contributed by atoms with Gasteiger partial charge in [0, 0.05) is 7.05 Å². The molecule has 0 aliphatic carbocycles. The standard InChI is InChI=1S/C21H18N2O6S/c1-12(19(25)26)29-14-9-7-13(8-10-14)11-17-18(24)23(2)21(30-17)22-16-6-4-3-5-15(16)20(27)28/h3-12H,1-2H3,(H,25,26)(H,27,28)/b17-11-,22-21?. The van der Waals surface area contributed by atoms with Gasteiger partial charge in [0.15, 0.2) is 11.3 Å². The third-order valence-electron chi connectivity index (χ3n) is 4.19. The Balaban J connectivity index is 1.82. The third-order valence-corrected chi connectivity index (χ3v) is 5.25. The zero-order chi connectivity index (χ0) is 21.8. The first-order chi connectivity index (χ1) is 14.3. The average molecular weight is 426 g/mol. The van der Waals surface area contributed by atoms with E-state index in [0.29, 0.717) is 15.8 Å². The summed E-state index contributed by atoms with van der Waals surface area (Å²) in [6.45, 7) is 1.44. The van der Waals surface area contributed by atoms with Crippen molar-refractivity contribution in [1.82, 2.24) is 4.90 Å². The van der Waals surface area contributed by atoms with Crippen LogP contribution in [0.25, 0.3) is 6.08 Å². The van der Waals surface area contributed by atoms with E-state index < -0.39 is 18.0 Å². The molecule has 2 aromatic rings. The molecule has 1 atom stereocenters. The third kappa shape index (κ3) is 4.69. The Bertz CT molecular complexity index is 1060. The fraction of sp³-hybridized carbons (Fsp3) is 0.143. The first kappa shape index (κ1) is 21.1. The summed E-state index contributed by atoms with van der Waals surface area (Å²) in [5.74, 6) is -2.01. The number of aliphatic carboxylic acids is 1. The van der Waals surface area contributed by atoms with Crippen LogP contribution in [0.5, 0.6) is 5.75 Å². The lowest BCUT2D eigenvalue weighted by Crippen LogP contribution is -2.23. The minimum atomic E-state index is -1.10. The van der Waals surface area contributed by atoms with Crippen LogP contribution < -0.4 is 4.74 Å². The van der Waals surface area contributed by atoms with Crippen molar-refractivity contribution in [2.24, 2.45) is 4.99 Å². The van der Waals surface area contributed by atoms with Crippen LogP contribution in [0.3, 0.4) is 0 Å². The Hall–Kier alpha value is -3.59. The molecular formula is C21H18N2O6S. The molecule has 0 bridgehead atoms. The van der Waals surface area contributed by atoms with Crippen molar-refractivity contribution >= 4 is 46.5 Å². The number of aromatic carboxylic acids is 1. The van der Waals surface area contributed by atoms with Crippen LogP contribution in [0.4, 0.5) is 5.69 Å². The van der Waals surface area contributed by atoms with Crippen molar-refractivity contribution in [2.75, 3.05) is 7.05 Å². The predicted molar refractivity (Wildman–Crippen MR) is 113 cm³/mol. The van der Waals surface area contributed by atoms with Gasteiger partial charge in [0.25, 0.3) is 5.91 Å². The Morgan fingerprint density at radius 2 is 1.80 bits per heavy atom. The highest BCUT2D eigenvalue weighted by Gasteiger charge is 2.30. The van der Waals surface area contributed by atoms with E-state index in [4.69, 9.17) is 9.84 Å². The van der Waals surface area contributed by atoms with Gasteiger partial charge in [0.05, 0.1) is 16.2 Å². The van der Waals surface area contributed by atoms with Crippen LogP contribution in [0.15, 0.2) is 58.4 Å². The number of hydrogen-bond acceptors (Lipinski definition) is 6. The molecule has 3 rings (SSSR count). The molecule has 1 unspecified atom stereocenters. The van der Waals surface area contributed by atoms with Gasteiger partial charge in [-0.05, 0) is 54.6 Å². The minimum absolute atomic E-state index is 0.0510. The summed E-state index contributed by atoms with van der Waals surface area (Å²) in [7, 11) is 1.57. The molecule has 1 aliphatic rings. The maximum atomic E-state index is 12.6. The van der Waals surface area contributed by atoms with Crippen molar-refractivity contribution in [2.45, 2.75) is 13.0 Å². The summed E-state index contributed by atoms with van der Waals surface area (Å²) in [4.78, 5) is 40.9. The lowest BCUT2D eigenvalue weighted by atomic mass is 10.2. The fourth-order valence-electron chi connectivity index (χ4n) is 2.56. The molecule has 0 spiro atoms. The summed E-state index contributed by atoms with van der Waals surface area (Å²) in [6, 6.07) is 13.0. The first-order valence-electron chi connectivity index (χ1n) is 8.84. The maximum absolute atomic E-state index is 12.6. The van der Waals surface area contributed by atoms with Gasteiger partial charge in [-0.1, -0.05) is 24.3 Å². The van der Waals surface area contributed by atoms with Gasteiger partial charge >= 0.3 is 11.9 Å². The van der Waals surface area contributed by atoms with E-state index in [-0.39, 0.29) is 17.2 Å². The average Bonchev–Trinajstić information content (AvgIpc) is 2.97. The second-order valence-corrected chi connectivity index (χ2v) is 7.37. The maximum Gasteiger partial charge on any atom is 0.344 e. The van der Waals surface area contributed by atoms with E-state index in [1.807, 2.05) is 0 Å². The normalized spacial score (nSPS) is 17.4. The lowest BCUT2D eigenvalue weighted by Gasteiger charge is -2.10. The van der Waals surface area contributed by atoms with Crippen LogP contribution >= 0.6 is 11.8 Å². The van der Waals surface area contributed by atoms with Gasteiger partial charge < -0.3 is 14.9 Å².